The highest BCUT2D eigenvalue weighted by Gasteiger charge is 2.02. The van der Waals surface area contributed by atoms with E-state index in [4.69, 9.17) is 4.84 Å². The summed E-state index contributed by atoms with van der Waals surface area (Å²) in [5.41, 5.74) is 2.35. The summed E-state index contributed by atoms with van der Waals surface area (Å²) in [4.78, 5) is 5.41. The number of hydroxylamine groups is 1. The van der Waals surface area contributed by atoms with E-state index in [9.17, 15) is 0 Å². The van der Waals surface area contributed by atoms with E-state index in [0.29, 0.717) is 0 Å². The number of nitrogens with zero attached hydrogens (tertiary/aromatic N) is 1. The summed E-state index contributed by atoms with van der Waals surface area (Å²) in [5, 5.41) is 1.93. The molecule has 2 heteroatoms. The van der Waals surface area contributed by atoms with Crippen molar-refractivity contribution in [2.24, 2.45) is 0 Å². The minimum atomic E-state index is 0.889. The highest BCUT2D eigenvalue weighted by Crippen LogP contribution is 2.14. The van der Waals surface area contributed by atoms with E-state index in [1.807, 2.05) is 29.3 Å². The maximum atomic E-state index is 5.41. The monoisotopic (exact) mass is 267 g/mol. The zero-order valence-corrected chi connectivity index (χ0v) is 11.9. The van der Waals surface area contributed by atoms with Gasteiger partial charge in [-0.25, -0.2) is 0 Å². The lowest BCUT2D eigenvalue weighted by Crippen LogP contribution is -2.22. The molecule has 0 aliphatic heterocycles. The second-order valence-corrected chi connectivity index (χ2v) is 4.58. The molecule has 20 heavy (non-hydrogen) atoms. The topological polar surface area (TPSA) is 12.5 Å². The summed E-state index contributed by atoms with van der Waals surface area (Å²) in [6.07, 6.45) is 6.49. The summed E-state index contributed by atoms with van der Waals surface area (Å²) < 4.78 is 0. The molecule has 104 valence electrons. The van der Waals surface area contributed by atoms with Crippen LogP contribution in [0, 0.1) is 0 Å². The third kappa shape index (κ3) is 4.56. The Kier molecular flexibility index (Phi) is 5.87. The maximum Gasteiger partial charge on any atom is 0.0639 e. The van der Waals surface area contributed by atoms with Crippen LogP contribution in [0.5, 0.6) is 0 Å². The fourth-order valence-corrected chi connectivity index (χ4v) is 2.06. The number of unbranched alkanes of at least 4 members (excludes halogenated alkanes) is 1. The molecule has 2 nitrogen and oxygen atoms in total. The fourth-order valence-electron chi connectivity index (χ4n) is 2.06. The normalized spacial score (nSPS) is 10.8. The van der Waals surface area contributed by atoms with Crippen molar-refractivity contribution in [2.75, 3.05) is 18.7 Å². The molecular weight excluding hydrogens is 246 g/mol. The SMILES string of the molecule is CON(CCCC=Cc1ccccc1)c1ccccc1. The smallest absolute Gasteiger partial charge is 0.0639 e. The van der Waals surface area contributed by atoms with Gasteiger partial charge in [0.25, 0.3) is 0 Å². The molecule has 0 aliphatic rings. The molecule has 0 aliphatic carbocycles. The predicted molar refractivity (Wildman–Crippen MR) is 85.5 cm³/mol. The second kappa shape index (κ2) is 8.18. The van der Waals surface area contributed by atoms with E-state index in [1.54, 1.807) is 7.11 Å². The number of anilines is 1. The Balaban J connectivity index is 1.76. The Bertz CT molecular complexity index is 507. The standard InChI is InChI=1S/C18H21NO/c1-20-19(18-14-8-3-9-15-18)16-10-4-7-13-17-11-5-2-6-12-17/h2-3,5-9,11-15H,4,10,16H2,1H3. The lowest BCUT2D eigenvalue weighted by atomic mass is 10.2. The van der Waals surface area contributed by atoms with Crippen molar-refractivity contribution in [3.63, 3.8) is 0 Å². The molecule has 0 unspecified atom stereocenters. The molecule has 0 atom stereocenters. The van der Waals surface area contributed by atoms with Crippen LogP contribution in [0.15, 0.2) is 66.7 Å². The molecule has 0 saturated carbocycles. The van der Waals surface area contributed by atoms with Crippen LogP contribution >= 0.6 is 0 Å². The van der Waals surface area contributed by atoms with Crippen LogP contribution in [0.25, 0.3) is 6.08 Å². The van der Waals surface area contributed by atoms with Gasteiger partial charge in [0.1, 0.15) is 0 Å². The molecular formula is C18H21NO. The molecule has 2 aromatic carbocycles. The third-order valence-corrected chi connectivity index (χ3v) is 3.11. The van der Waals surface area contributed by atoms with Gasteiger partial charge in [-0.05, 0) is 30.5 Å². The molecule has 2 rings (SSSR count). The molecule has 0 aromatic heterocycles. The molecule has 0 amide bonds. The summed E-state index contributed by atoms with van der Waals surface area (Å²) in [5.74, 6) is 0. The molecule has 0 bridgehead atoms. The van der Waals surface area contributed by atoms with Crippen molar-refractivity contribution < 1.29 is 4.84 Å². The van der Waals surface area contributed by atoms with Crippen LogP contribution in [-0.2, 0) is 4.84 Å². The van der Waals surface area contributed by atoms with Crippen molar-refractivity contribution in [3.8, 4) is 0 Å². The number of para-hydroxylation sites is 1. The van der Waals surface area contributed by atoms with Crippen molar-refractivity contribution in [1.82, 2.24) is 0 Å². The first-order chi connectivity index (χ1) is 9.90. The Morgan fingerprint density at radius 1 is 0.950 bits per heavy atom. The van der Waals surface area contributed by atoms with Crippen LogP contribution in [-0.4, -0.2) is 13.7 Å². The number of allylic oxidation sites excluding steroid dienone is 1. The summed E-state index contributed by atoms with van der Waals surface area (Å²) in [6.45, 7) is 0.889. The second-order valence-electron chi connectivity index (χ2n) is 4.58. The molecule has 0 N–H and O–H groups in total. The van der Waals surface area contributed by atoms with E-state index in [0.717, 1.165) is 25.1 Å². The molecule has 0 fully saturated rings. The van der Waals surface area contributed by atoms with Crippen LogP contribution in [0.4, 0.5) is 5.69 Å². The average molecular weight is 267 g/mol. The molecule has 0 radical (unpaired) electrons. The van der Waals surface area contributed by atoms with E-state index in [-0.39, 0.29) is 0 Å². The van der Waals surface area contributed by atoms with E-state index in [2.05, 4.69) is 48.6 Å². The van der Waals surface area contributed by atoms with Gasteiger partial charge in [0.2, 0.25) is 0 Å². The zero-order valence-electron chi connectivity index (χ0n) is 11.9. The largest absolute Gasteiger partial charge is 0.277 e. The number of benzene rings is 2. The van der Waals surface area contributed by atoms with Gasteiger partial charge in [0.15, 0.2) is 0 Å². The van der Waals surface area contributed by atoms with Gasteiger partial charge < -0.3 is 0 Å². The molecule has 0 spiro atoms. The summed E-state index contributed by atoms with van der Waals surface area (Å²) in [7, 11) is 1.72. The first-order valence-electron chi connectivity index (χ1n) is 6.98. The highest BCUT2D eigenvalue weighted by atomic mass is 16.7. The van der Waals surface area contributed by atoms with Crippen molar-refractivity contribution in [1.29, 1.82) is 0 Å². The summed E-state index contributed by atoms with van der Waals surface area (Å²) in [6, 6.07) is 20.6. The highest BCUT2D eigenvalue weighted by molar-refractivity contribution is 5.48. The fraction of sp³-hybridized carbons (Fsp3) is 0.222. The molecule has 0 heterocycles. The minimum absolute atomic E-state index is 0.889. The average Bonchev–Trinajstić information content (AvgIpc) is 2.53. The van der Waals surface area contributed by atoms with Crippen molar-refractivity contribution >= 4 is 11.8 Å². The Morgan fingerprint density at radius 3 is 2.25 bits per heavy atom. The maximum absolute atomic E-state index is 5.41. The van der Waals surface area contributed by atoms with Gasteiger partial charge in [-0.1, -0.05) is 60.7 Å². The van der Waals surface area contributed by atoms with Gasteiger partial charge >= 0.3 is 0 Å². The lowest BCUT2D eigenvalue weighted by Gasteiger charge is -2.21. The Morgan fingerprint density at radius 2 is 1.60 bits per heavy atom. The Hall–Kier alpha value is -2.06. The number of hydrogen-bond donors (Lipinski definition) is 0. The van der Waals surface area contributed by atoms with E-state index in [1.165, 1.54) is 5.56 Å². The van der Waals surface area contributed by atoms with Crippen molar-refractivity contribution in [3.05, 3.63) is 72.3 Å². The molecule has 2 aromatic rings. The quantitative estimate of drug-likeness (QED) is 0.539. The van der Waals surface area contributed by atoms with Crippen LogP contribution in [0.2, 0.25) is 0 Å². The van der Waals surface area contributed by atoms with Gasteiger partial charge in [0.05, 0.1) is 12.8 Å². The number of rotatable bonds is 7. The van der Waals surface area contributed by atoms with Crippen molar-refractivity contribution in [2.45, 2.75) is 12.8 Å². The van der Waals surface area contributed by atoms with Gasteiger partial charge in [-0.15, -0.1) is 0 Å². The van der Waals surface area contributed by atoms with Gasteiger partial charge in [-0.2, -0.15) is 0 Å². The van der Waals surface area contributed by atoms with Crippen LogP contribution < -0.4 is 5.06 Å². The Labute approximate surface area is 121 Å². The van der Waals surface area contributed by atoms with E-state index >= 15 is 0 Å². The van der Waals surface area contributed by atoms with Crippen LogP contribution in [0.3, 0.4) is 0 Å². The third-order valence-electron chi connectivity index (χ3n) is 3.11. The zero-order chi connectivity index (χ0) is 14.0. The van der Waals surface area contributed by atoms with Gasteiger partial charge in [-0.3, -0.25) is 9.90 Å². The number of hydrogen-bond acceptors (Lipinski definition) is 2. The van der Waals surface area contributed by atoms with Gasteiger partial charge in [0, 0.05) is 6.54 Å². The molecule has 0 saturated heterocycles. The van der Waals surface area contributed by atoms with Crippen LogP contribution in [0.1, 0.15) is 18.4 Å². The lowest BCUT2D eigenvalue weighted by molar-refractivity contribution is 0.166. The first-order valence-corrected chi connectivity index (χ1v) is 6.98. The summed E-state index contributed by atoms with van der Waals surface area (Å²) >= 11 is 0. The first kappa shape index (κ1) is 14.4. The van der Waals surface area contributed by atoms with E-state index < -0.39 is 0 Å². The minimum Gasteiger partial charge on any atom is -0.277 e. The predicted octanol–water partition coefficient (Wildman–Crippen LogP) is 4.55.